The van der Waals surface area contributed by atoms with Gasteiger partial charge in [0, 0.05) is 18.1 Å². The number of alkyl halides is 3. The Morgan fingerprint density at radius 3 is 2.36 bits per heavy atom. The fraction of sp³-hybridized carbons (Fsp3) is 0.192. The number of fused-ring (bicyclic) bond motifs is 3. The number of ether oxygens (including phenoxy) is 3. The highest BCUT2D eigenvalue weighted by atomic mass is 35.5. The number of benzene rings is 3. The molecule has 0 bridgehead atoms. The van der Waals surface area contributed by atoms with E-state index in [9.17, 15) is 18.0 Å². The van der Waals surface area contributed by atoms with Crippen LogP contribution in [0.2, 0.25) is 5.02 Å². The topological polar surface area (TPSA) is 61.1 Å². The van der Waals surface area contributed by atoms with Crippen LogP contribution in [0.1, 0.15) is 16.9 Å². The Balaban J connectivity index is 1.56. The third kappa shape index (κ3) is 4.72. The van der Waals surface area contributed by atoms with Gasteiger partial charge in [-0.2, -0.15) is 13.2 Å². The normalized spacial score (nSPS) is 13.8. The molecule has 0 N–H and O–H groups in total. The lowest BCUT2D eigenvalue weighted by Crippen LogP contribution is -2.32. The standard InChI is InChI=1S/C26H19ClF3NO5/c1-33-17-6-8-18(9-7-17)35-24-22(32)19-10-11-21-20(23(19)36-25(24)26(28,29)30)13-31(14-34-21)12-15-2-4-16(27)5-3-15/h2-11H,12-14H2,1H3. The molecule has 2 heterocycles. The first-order valence-electron chi connectivity index (χ1n) is 10.8. The van der Waals surface area contributed by atoms with E-state index in [1.165, 1.54) is 37.4 Å². The first-order chi connectivity index (χ1) is 17.2. The SMILES string of the molecule is COc1ccc(Oc2c(C(F)(F)F)oc3c4c(ccc3c2=O)OCN(Cc2ccc(Cl)cc2)C4)cc1. The van der Waals surface area contributed by atoms with Crippen LogP contribution in [0.4, 0.5) is 13.2 Å². The van der Waals surface area contributed by atoms with Crippen LogP contribution in [-0.4, -0.2) is 18.7 Å². The second-order valence-corrected chi connectivity index (χ2v) is 8.61. The van der Waals surface area contributed by atoms with Crippen molar-refractivity contribution >= 4 is 22.6 Å². The molecule has 0 saturated carbocycles. The quantitative estimate of drug-likeness (QED) is 0.296. The molecule has 3 aromatic carbocycles. The van der Waals surface area contributed by atoms with Crippen LogP contribution in [0.3, 0.4) is 0 Å². The second kappa shape index (κ2) is 9.40. The zero-order chi connectivity index (χ0) is 25.4. The maximum absolute atomic E-state index is 14.0. The van der Waals surface area contributed by atoms with Gasteiger partial charge in [0.05, 0.1) is 18.1 Å². The minimum Gasteiger partial charge on any atom is -0.497 e. The van der Waals surface area contributed by atoms with Crippen LogP contribution in [0.25, 0.3) is 11.0 Å². The van der Waals surface area contributed by atoms with Crippen LogP contribution in [0.5, 0.6) is 23.0 Å². The molecule has 5 rings (SSSR count). The molecule has 0 radical (unpaired) electrons. The summed E-state index contributed by atoms with van der Waals surface area (Å²) in [5.74, 6) is -1.58. The first kappa shape index (κ1) is 24.0. The number of halogens is 4. The summed E-state index contributed by atoms with van der Waals surface area (Å²) in [7, 11) is 1.45. The lowest BCUT2D eigenvalue weighted by Gasteiger charge is -2.29. The maximum atomic E-state index is 14.0. The summed E-state index contributed by atoms with van der Waals surface area (Å²) in [6.45, 7) is 0.895. The molecular weight excluding hydrogens is 499 g/mol. The highest BCUT2D eigenvalue weighted by Gasteiger charge is 2.41. The Bertz CT molecular complexity index is 1470. The van der Waals surface area contributed by atoms with Gasteiger partial charge in [0.15, 0.2) is 0 Å². The first-order valence-corrected chi connectivity index (χ1v) is 11.2. The van der Waals surface area contributed by atoms with E-state index in [2.05, 4.69) is 0 Å². The number of methoxy groups -OCH3 is 1. The van der Waals surface area contributed by atoms with Gasteiger partial charge >= 0.3 is 6.18 Å². The smallest absolute Gasteiger partial charge is 0.453 e. The second-order valence-electron chi connectivity index (χ2n) is 8.17. The van der Waals surface area contributed by atoms with Crippen molar-refractivity contribution in [3.05, 3.63) is 92.8 Å². The van der Waals surface area contributed by atoms with Crippen molar-refractivity contribution in [2.45, 2.75) is 19.3 Å². The molecule has 4 aromatic rings. The van der Waals surface area contributed by atoms with Gasteiger partial charge in [-0.15, -0.1) is 0 Å². The monoisotopic (exact) mass is 517 g/mol. The number of nitrogens with zero attached hydrogens (tertiary/aromatic N) is 1. The van der Waals surface area contributed by atoms with E-state index >= 15 is 0 Å². The predicted octanol–water partition coefficient (Wildman–Crippen LogP) is 6.62. The molecule has 1 aliphatic heterocycles. The van der Waals surface area contributed by atoms with Crippen molar-refractivity contribution in [3.63, 3.8) is 0 Å². The van der Waals surface area contributed by atoms with Crippen LogP contribution < -0.4 is 19.6 Å². The molecule has 0 spiro atoms. The summed E-state index contributed by atoms with van der Waals surface area (Å²) in [4.78, 5) is 15.1. The highest BCUT2D eigenvalue weighted by molar-refractivity contribution is 6.30. The van der Waals surface area contributed by atoms with Gasteiger partial charge in [-0.05, 0) is 54.1 Å². The Labute approximate surface area is 208 Å². The van der Waals surface area contributed by atoms with E-state index in [0.717, 1.165) is 5.56 Å². The van der Waals surface area contributed by atoms with Crippen LogP contribution >= 0.6 is 11.6 Å². The molecule has 0 amide bonds. The van der Waals surface area contributed by atoms with Gasteiger partial charge in [-0.3, -0.25) is 9.69 Å². The zero-order valence-corrected chi connectivity index (χ0v) is 19.7. The minimum absolute atomic E-state index is 0.0309. The molecule has 1 aliphatic rings. The summed E-state index contributed by atoms with van der Waals surface area (Å²) in [5.41, 5.74) is 0.176. The van der Waals surface area contributed by atoms with Gasteiger partial charge in [0.2, 0.25) is 11.2 Å². The summed E-state index contributed by atoms with van der Waals surface area (Å²) in [6, 6.07) is 16.0. The average Bonchev–Trinajstić information content (AvgIpc) is 2.86. The molecule has 10 heteroatoms. The lowest BCUT2D eigenvalue weighted by atomic mass is 10.1. The van der Waals surface area contributed by atoms with Crippen LogP contribution in [-0.2, 0) is 19.3 Å². The van der Waals surface area contributed by atoms with Crippen molar-refractivity contribution < 1.29 is 31.8 Å². The summed E-state index contributed by atoms with van der Waals surface area (Å²) in [6.07, 6.45) is -4.98. The molecule has 186 valence electrons. The number of rotatable bonds is 5. The van der Waals surface area contributed by atoms with Gasteiger partial charge in [0.25, 0.3) is 5.76 Å². The fourth-order valence-electron chi connectivity index (χ4n) is 3.98. The molecular formula is C26H19ClF3NO5. The summed E-state index contributed by atoms with van der Waals surface area (Å²) >= 11 is 5.94. The van der Waals surface area contributed by atoms with E-state index < -0.39 is 23.1 Å². The van der Waals surface area contributed by atoms with Gasteiger partial charge in [-0.25, -0.2) is 0 Å². The minimum atomic E-state index is -4.98. The van der Waals surface area contributed by atoms with E-state index in [-0.39, 0.29) is 30.0 Å². The van der Waals surface area contributed by atoms with Crippen LogP contribution in [0.15, 0.2) is 69.9 Å². The van der Waals surface area contributed by atoms with E-state index in [1.54, 1.807) is 18.2 Å². The number of hydrogen-bond acceptors (Lipinski definition) is 6. The zero-order valence-electron chi connectivity index (χ0n) is 18.9. The third-order valence-electron chi connectivity index (χ3n) is 5.72. The van der Waals surface area contributed by atoms with E-state index in [1.807, 2.05) is 17.0 Å². The molecule has 6 nitrogen and oxygen atoms in total. The van der Waals surface area contributed by atoms with E-state index in [4.69, 9.17) is 30.2 Å². The average molecular weight is 518 g/mol. The molecule has 0 fully saturated rings. The highest BCUT2D eigenvalue weighted by Crippen LogP contribution is 2.41. The Morgan fingerprint density at radius 2 is 1.69 bits per heavy atom. The van der Waals surface area contributed by atoms with Crippen molar-refractivity contribution in [3.8, 4) is 23.0 Å². The molecule has 0 aliphatic carbocycles. The summed E-state index contributed by atoms with van der Waals surface area (Å²) in [5, 5.41) is 0.557. The number of hydrogen-bond donors (Lipinski definition) is 0. The lowest BCUT2D eigenvalue weighted by molar-refractivity contribution is -0.154. The van der Waals surface area contributed by atoms with Gasteiger partial charge < -0.3 is 18.6 Å². The maximum Gasteiger partial charge on any atom is 0.453 e. The van der Waals surface area contributed by atoms with Gasteiger partial charge in [-0.1, -0.05) is 23.7 Å². The van der Waals surface area contributed by atoms with Crippen LogP contribution in [0, 0.1) is 0 Å². The Hall–Kier alpha value is -3.69. The summed E-state index contributed by atoms with van der Waals surface area (Å²) < 4.78 is 63.6. The molecule has 1 aromatic heterocycles. The predicted molar refractivity (Wildman–Crippen MR) is 127 cm³/mol. The molecule has 0 atom stereocenters. The van der Waals surface area contributed by atoms with Crippen molar-refractivity contribution in [2.75, 3.05) is 13.8 Å². The van der Waals surface area contributed by atoms with Crippen molar-refractivity contribution in [1.82, 2.24) is 4.90 Å². The van der Waals surface area contributed by atoms with Crippen molar-refractivity contribution in [1.29, 1.82) is 0 Å². The molecule has 36 heavy (non-hydrogen) atoms. The molecule has 0 saturated heterocycles. The van der Waals surface area contributed by atoms with Gasteiger partial charge in [0.1, 0.15) is 29.6 Å². The largest absolute Gasteiger partial charge is 0.497 e. The third-order valence-corrected chi connectivity index (χ3v) is 5.97. The van der Waals surface area contributed by atoms with E-state index in [0.29, 0.717) is 28.6 Å². The fourth-order valence-corrected chi connectivity index (χ4v) is 4.11. The Morgan fingerprint density at radius 1 is 1.00 bits per heavy atom. The van der Waals surface area contributed by atoms with Crippen molar-refractivity contribution in [2.24, 2.45) is 0 Å². The molecule has 0 unspecified atom stereocenters. The Kier molecular flexibility index (Phi) is 6.27.